The molecule has 2 aliphatic rings. The molecule has 0 saturated heterocycles. The lowest BCUT2D eigenvalue weighted by Gasteiger charge is -2.32. The van der Waals surface area contributed by atoms with Crippen molar-refractivity contribution in [2.75, 3.05) is 6.54 Å². The van der Waals surface area contributed by atoms with Crippen LogP contribution in [0, 0.1) is 11.8 Å². The van der Waals surface area contributed by atoms with Crippen molar-refractivity contribution in [1.82, 2.24) is 5.32 Å². The van der Waals surface area contributed by atoms with Gasteiger partial charge in [-0.1, -0.05) is 18.6 Å². The maximum Gasteiger partial charge on any atom is 0.391 e. The molecule has 0 radical (unpaired) electrons. The summed E-state index contributed by atoms with van der Waals surface area (Å²) in [5.74, 6) is -0.476. The molecule has 0 aliphatic heterocycles. The Morgan fingerprint density at radius 3 is 2.61 bits per heavy atom. The minimum absolute atomic E-state index is 0.0660. The number of halogens is 3. The Bertz CT molecular complexity index is 285. The van der Waals surface area contributed by atoms with E-state index in [-0.39, 0.29) is 12.5 Å². The highest BCUT2D eigenvalue weighted by Gasteiger charge is 2.42. The highest BCUT2D eigenvalue weighted by Crippen LogP contribution is 2.37. The highest BCUT2D eigenvalue weighted by atomic mass is 19.4. The summed E-state index contributed by atoms with van der Waals surface area (Å²) in [6.45, 7) is 0.875. The molecule has 2 aliphatic carbocycles. The van der Waals surface area contributed by atoms with Gasteiger partial charge in [-0.25, -0.2) is 0 Å². The van der Waals surface area contributed by atoms with E-state index in [9.17, 15) is 13.2 Å². The molecular formula is C14H22F3N. The second kappa shape index (κ2) is 6.09. The van der Waals surface area contributed by atoms with E-state index in [2.05, 4.69) is 17.5 Å². The van der Waals surface area contributed by atoms with Gasteiger partial charge in [0.15, 0.2) is 0 Å². The van der Waals surface area contributed by atoms with E-state index in [0.717, 1.165) is 25.8 Å². The molecule has 3 unspecified atom stereocenters. The molecule has 4 heteroatoms. The third-order valence-electron chi connectivity index (χ3n) is 4.21. The number of hydrogen-bond donors (Lipinski definition) is 1. The summed E-state index contributed by atoms with van der Waals surface area (Å²) in [6.07, 6.45) is 5.91. The number of hydrogen-bond acceptors (Lipinski definition) is 1. The molecule has 2 rings (SSSR count). The zero-order valence-electron chi connectivity index (χ0n) is 10.7. The van der Waals surface area contributed by atoms with Crippen LogP contribution in [0.2, 0.25) is 0 Å². The fraction of sp³-hybridized carbons (Fsp3) is 0.857. The van der Waals surface area contributed by atoms with Crippen LogP contribution in [-0.4, -0.2) is 18.8 Å². The Hall–Kier alpha value is -0.510. The molecule has 0 aromatic heterocycles. The van der Waals surface area contributed by atoms with Gasteiger partial charge in [0.2, 0.25) is 0 Å². The Morgan fingerprint density at radius 2 is 1.94 bits per heavy atom. The van der Waals surface area contributed by atoms with Gasteiger partial charge in [0.25, 0.3) is 0 Å². The first-order valence-corrected chi connectivity index (χ1v) is 7.01. The van der Waals surface area contributed by atoms with Gasteiger partial charge in [0.1, 0.15) is 0 Å². The first-order valence-electron chi connectivity index (χ1n) is 7.01. The lowest BCUT2D eigenvalue weighted by molar-refractivity contribution is -0.183. The van der Waals surface area contributed by atoms with Crippen LogP contribution < -0.4 is 5.32 Å². The van der Waals surface area contributed by atoms with Crippen molar-refractivity contribution >= 4 is 0 Å². The molecule has 3 atom stereocenters. The number of alkyl halides is 3. The van der Waals surface area contributed by atoms with Crippen LogP contribution in [0.3, 0.4) is 0 Å². The van der Waals surface area contributed by atoms with Gasteiger partial charge in [-0.2, -0.15) is 13.2 Å². The topological polar surface area (TPSA) is 12.0 Å². The molecule has 0 bridgehead atoms. The van der Waals surface area contributed by atoms with Gasteiger partial charge in [-0.3, -0.25) is 0 Å². The summed E-state index contributed by atoms with van der Waals surface area (Å²) < 4.78 is 38.0. The fourth-order valence-corrected chi connectivity index (χ4v) is 3.05. The van der Waals surface area contributed by atoms with Crippen LogP contribution in [0.4, 0.5) is 13.2 Å². The van der Waals surface area contributed by atoms with Crippen molar-refractivity contribution < 1.29 is 13.2 Å². The van der Waals surface area contributed by atoms with Crippen LogP contribution in [0.1, 0.15) is 44.9 Å². The van der Waals surface area contributed by atoms with Gasteiger partial charge < -0.3 is 5.32 Å². The van der Waals surface area contributed by atoms with E-state index < -0.39 is 12.1 Å². The minimum Gasteiger partial charge on any atom is -0.314 e. The summed E-state index contributed by atoms with van der Waals surface area (Å²) in [4.78, 5) is 0. The lowest BCUT2D eigenvalue weighted by Crippen LogP contribution is -2.40. The molecule has 104 valence electrons. The summed E-state index contributed by atoms with van der Waals surface area (Å²) in [5, 5.41) is 3.36. The van der Waals surface area contributed by atoms with E-state index in [0.29, 0.717) is 18.8 Å². The molecule has 18 heavy (non-hydrogen) atoms. The van der Waals surface area contributed by atoms with E-state index in [4.69, 9.17) is 0 Å². The van der Waals surface area contributed by atoms with Gasteiger partial charge in [-0.15, -0.1) is 0 Å². The molecule has 1 saturated carbocycles. The standard InChI is InChI=1S/C14H22F3N/c15-14(16,17)12-7-4-8-13(9-12)18-10-11-5-2-1-3-6-11/h1-2,11-13,18H,3-10H2. The SMILES string of the molecule is FC(F)(F)C1CCCC(NCC2CC=CCC2)C1. The normalized spacial score (nSPS) is 33.6. The lowest BCUT2D eigenvalue weighted by atomic mass is 9.84. The molecule has 1 N–H and O–H groups in total. The molecule has 0 heterocycles. The predicted molar refractivity (Wildman–Crippen MR) is 66.3 cm³/mol. The molecule has 0 spiro atoms. The summed E-state index contributed by atoms with van der Waals surface area (Å²) in [6, 6.07) is 0.0660. The second-order valence-corrected chi connectivity index (χ2v) is 5.66. The van der Waals surface area contributed by atoms with Crippen molar-refractivity contribution in [2.24, 2.45) is 11.8 Å². The average Bonchev–Trinajstić information content (AvgIpc) is 2.37. The van der Waals surface area contributed by atoms with Crippen molar-refractivity contribution in [2.45, 2.75) is 57.2 Å². The summed E-state index contributed by atoms with van der Waals surface area (Å²) in [7, 11) is 0. The number of rotatable bonds is 3. The Kier molecular flexibility index (Phi) is 4.71. The van der Waals surface area contributed by atoms with E-state index >= 15 is 0 Å². The summed E-state index contributed by atoms with van der Waals surface area (Å²) >= 11 is 0. The zero-order chi connectivity index (χ0) is 13.0. The fourth-order valence-electron chi connectivity index (χ4n) is 3.05. The van der Waals surface area contributed by atoms with Gasteiger partial charge in [0, 0.05) is 6.04 Å². The van der Waals surface area contributed by atoms with Crippen LogP contribution in [0.15, 0.2) is 12.2 Å². The van der Waals surface area contributed by atoms with Crippen LogP contribution >= 0.6 is 0 Å². The van der Waals surface area contributed by atoms with Gasteiger partial charge in [-0.05, 0) is 51.0 Å². The smallest absolute Gasteiger partial charge is 0.314 e. The Labute approximate surface area is 107 Å². The first kappa shape index (κ1) is 13.9. The highest BCUT2D eigenvalue weighted by molar-refractivity contribution is 4.91. The molecule has 0 aromatic carbocycles. The maximum absolute atomic E-state index is 12.7. The minimum atomic E-state index is -4.01. The van der Waals surface area contributed by atoms with E-state index in [1.165, 1.54) is 6.42 Å². The molecule has 1 nitrogen and oxygen atoms in total. The van der Waals surface area contributed by atoms with E-state index in [1.807, 2.05) is 0 Å². The maximum atomic E-state index is 12.7. The van der Waals surface area contributed by atoms with Gasteiger partial charge >= 0.3 is 6.18 Å². The predicted octanol–water partition coefficient (Wildman–Crippen LogP) is 4.05. The van der Waals surface area contributed by atoms with Gasteiger partial charge in [0.05, 0.1) is 5.92 Å². The van der Waals surface area contributed by atoms with E-state index in [1.54, 1.807) is 0 Å². The third kappa shape index (κ3) is 4.01. The van der Waals surface area contributed by atoms with Crippen LogP contribution in [-0.2, 0) is 0 Å². The zero-order valence-corrected chi connectivity index (χ0v) is 10.7. The first-order chi connectivity index (χ1) is 8.55. The van der Waals surface area contributed by atoms with Crippen molar-refractivity contribution in [3.63, 3.8) is 0 Å². The molecule has 1 fully saturated rings. The van der Waals surface area contributed by atoms with Crippen molar-refractivity contribution in [1.29, 1.82) is 0 Å². The summed E-state index contributed by atoms with van der Waals surface area (Å²) in [5.41, 5.74) is 0. The largest absolute Gasteiger partial charge is 0.391 e. The molecule has 0 aromatic rings. The quantitative estimate of drug-likeness (QED) is 0.756. The number of allylic oxidation sites excluding steroid dienone is 2. The van der Waals surface area contributed by atoms with Crippen molar-refractivity contribution in [3.8, 4) is 0 Å². The Morgan fingerprint density at radius 1 is 1.11 bits per heavy atom. The molecular weight excluding hydrogens is 239 g/mol. The third-order valence-corrected chi connectivity index (χ3v) is 4.21. The van der Waals surface area contributed by atoms with Crippen molar-refractivity contribution in [3.05, 3.63) is 12.2 Å². The average molecular weight is 261 g/mol. The second-order valence-electron chi connectivity index (χ2n) is 5.66. The number of nitrogens with one attached hydrogen (secondary N) is 1. The Balaban J connectivity index is 1.74. The molecule has 0 amide bonds. The monoisotopic (exact) mass is 261 g/mol. The van der Waals surface area contributed by atoms with Crippen LogP contribution in [0.25, 0.3) is 0 Å². The van der Waals surface area contributed by atoms with Crippen LogP contribution in [0.5, 0.6) is 0 Å².